The molecule has 3 nitrogen and oxygen atoms in total. The number of thioether (sulfide) groups is 1. The molecule has 0 saturated carbocycles. The summed E-state index contributed by atoms with van der Waals surface area (Å²) in [7, 11) is 0. The fourth-order valence-corrected chi connectivity index (χ4v) is 3.49. The van der Waals surface area contributed by atoms with Crippen LogP contribution in [0.4, 0.5) is 0 Å². The lowest BCUT2D eigenvalue weighted by molar-refractivity contribution is 0.407. The van der Waals surface area contributed by atoms with Gasteiger partial charge in [0, 0.05) is 17.5 Å². The van der Waals surface area contributed by atoms with Crippen molar-refractivity contribution in [3.05, 3.63) is 30.1 Å². The molecule has 98 valence electrons. The van der Waals surface area contributed by atoms with Gasteiger partial charge in [0.25, 0.3) is 0 Å². The molecule has 1 saturated heterocycles. The van der Waals surface area contributed by atoms with Gasteiger partial charge in [-0.25, -0.2) is 0 Å². The highest BCUT2D eigenvalue weighted by atomic mass is 32.2. The van der Waals surface area contributed by atoms with E-state index in [9.17, 15) is 0 Å². The summed E-state index contributed by atoms with van der Waals surface area (Å²) in [5, 5.41) is 4.66. The third-order valence-corrected chi connectivity index (χ3v) is 4.82. The van der Waals surface area contributed by atoms with Crippen LogP contribution in [0.2, 0.25) is 0 Å². The van der Waals surface area contributed by atoms with Gasteiger partial charge in [0.2, 0.25) is 0 Å². The second kappa shape index (κ2) is 5.74. The predicted molar refractivity (Wildman–Crippen MR) is 79.0 cm³/mol. The van der Waals surface area contributed by atoms with Crippen LogP contribution in [0.3, 0.4) is 0 Å². The van der Waals surface area contributed by atoms with Gasteiger partial charge in [0.15, 0.2) is 5.17 Å². The molecule has 1 N–H and O–H groups in total. The number of amidine groups is 1. The van der Waals surface area contributed by atoms with Crippen molar-refractivity contribution in [2.45, 2.75) is 45.2 Å². The Bertz CT molecular complexity index is 412. The SMILES string of the molecule is CCC1(CC)CSC(=NC(C)c2ccccn2)N1. The number of nitrogens with zero attached hydrogens (tertiary/aromatic N) is 2. The Kier molecular flexibility index (Phi) is 4.27. The Morgan fingerprint density at radius 3 is 2.78 bits per heavy atom. The summed E-state index contributed by atoms with van der Waals surface area (Å²) in [6.45, 7) is 6.57. The van der Waals surface area contributed by atoms with Crippen molar-refractivity contribution in [3.63, 3.8) is 0 Å². The van der Waals surface area contributed by atoms with Gasteiger partial charge in [0.1, 0.15) is 0 Å². The molecule has 0 bridgehead atoms. The second-order valence-electron chi connectivity index (χ2n) is 4.77. The molecule has 0 aliphatic carbocycles. The fourth-order valence-electron chi connectivity index (χ4n) is 2.07. The summed E-state index contributed by atoms with van der Waals surface area (Å²) in [5.41, 5.74) is 1.27. The minimum Gasteiger partial charge on any atom is -0.359 e. The van der Waals surface area contributed by atoms with E-state index in [2.05, 4.69) is 31.1 Å². The summed E-state index contributed by atoms with van der Waals surface area (Å²) in [6, 6.07) is 6.09. The summed E-state index contributed by atoms with van der Waals surface area (Å²) in [4.78, 5) is 9.10. The van der Waals surface area contributed by atoms with Crippen LogP contribution in [0.5, 0.6) is 0 Å². The van der Waals surface area contributed by atoms with Gasteiger partial charge in [-0.05, 0) is 31.9 Å². The Hall–Kier alpha value is -1.03. The third-order valence-electron chi connectivity index (χ3n) is 3.64. The fraction of sp³-hybridized carbons (Fsp3) is 0.571. The zero-order valence-electron chi connectivity index (χ0n) is 11.3. The molecule has 1 atom stereocenters. The maximum absolute atomic E-state index is 4.74. The molecule has 1 aromatic heterocycles. The molecule has 4 heteroatoms. The number of aliphatic imine (C=N–C) groups is 1. The van der Waals surface area contributed by atoms with E-state index >= 15 is 0 Å². The van der Waals surface area contributed by atoms with E-state index < -0.39 is 0 Å². The minimum absolute atomic E-state index is 0.116. The van der Waals surface area contributed by atoms with Crippen LogP contribution in [-0.2, 0) is 0 Å². The maximum Gasteiger partial charge on any atom is 0.157 e. The van der Waals surface area contributed by atoms with Crippen molar-refractivity contribution in [1.82, 2.24) is 10.3 Å². The van der Waals surface area contributed by atoms with E-state index in [1.165, 1.54) is 0 Å². The normalized spacial score (nSPS) is 21.8. The largest absolute Gasteiger partial charge is 0.359 e. The highest BCUT2D eigenvalue weighted by molar-refractivity contribution is 8.14. The van der Waals surface area contributed by atoms with Gasteiger partial charge in [-0.3, -0.25) is 9.98 Å². The lowest BCUT2D eigenvalue weighted by Crippen LogP contribution is -2.42. The number of aromatic nitrogens is 1. The smallest absolute Gasteiger partial charge is 0.157 e. The molecule has 0 radical (unpaired) electrons. The van der Waals surface area contributed by atoms with Gasteiger partial charge in [-0.1, -0.05) is 31.7 Å². The zero-order valence-corrected chi connectivity index (χ0v) is 12.1. The van der Waals surface area contributed by atoms with Crippen LogP contribution in [-0.4, -0.2) is 21.4 Å². The molecule has 2 heterocycles. The third kappa shape index (κ3) is 2.86. The van der Waals surface area contributed by atoms with E-state index in [1.807, 2.05) is 36.2 Å². The molecule has 1 aliphatic rings. The number of hydrogen-bond acceptors (Lipinski definition) is 3. The molecule has 1 unspecified atom stereocenters. The van der Waals surface area contributed by atoms with Crippen molar-refractivity contribution in [2.75, 3.05) is 5.75 Å². The maximum atomic E-state index is 4.74. The molecular formula is C14H21N3S. The topological polar surface area (TPSA) is 37.3 Å². The van der Waals surface area contributed by atoms with Crippen LogP contribution in [0.15, 0.2) is 29.4 Å². The van der Waals surface area contributed by atoms with E-state index in [-0.39, 0.29) is 11.6 Å². The highest BCUT2D eigenvalue weighted by Crippen LogP contribution is 2.30. The molecule has 2 rings (SSSR count). The number of nitrogens with one attached hydrogen (secondary N) is 1. The minimum atomic E-state index is 0.116. The van der Waals surface area contributed by atoms with Crippen molar-refractivity contribution < 1.29 is 0 Å². The molecular weight excluding hydrogens is 242 g/mol. The van der Waals surface area contributed by atoms with E-state index in [4.69, 9.17) is 4.99 Å². The summed E-state index contributed by atoms with van der Waals surface area (Å²) >= 11 is 1.83. The molecule has 1 aliphatic heterocycles. The van der Waals surface area contributed by atoms with Crippen LogP contribution < -0.4 is 5.32 Å². The zero-order chi connectivity index (χ0) is 13.0. The molecule has 0 aromatic carbocycles. The summed E-state index contributed by atoms with van der Waals surface area (Å²) in [6.07, 6.45) is 4.12. The van der Waals surface area contributed by atoms with Crippen LogP contribution >= 0.6 is 11.8 Å². The van der Waals surface area contributed by atoms with Crippen LogP contribution in [0.1, 0.15) is 45.3 Å². The Morgan fingerprint density at radius 1 is 1.44 bits per heavy atom. The van der Waals surface area contributed by atoms with Crippen molar-refractivity contribution in [1.29, 1.82) is 0 Å². The molecule has 18 heavy (non-hydrogen) atoms. The first kappa shape index (κ1) is 13.4. The first-order chi connectivity index (χ1) is 8.69. The average molecular weight is 263 g/mol. The molecule has 1 fully saturated rings. The van der Waals surface area contributed by atoms with E-state index in [1.54, 1.807) is 0 Å². The Balaban J connectivity index is 2.07. The lowest BCUT2D eigenvalue weighted by Gasteiger charge is -2.25. The quantitative estimate of drug-likeness (QED) is 0.904. The standard InChI is InChI=1S/C14H21N3S/c1-4-14(5-2)10-18-13(17-14)16-11(3)12-8-6-7-9-15-12/h6-9,11H,4-5,10H2,1-3H3,(H,16,17). The van der Waals surface area contributed by atoms with Crippen molar-refractivity contribution in [2.24, 2.45) is 4.99 Å². The average Bonchev–Trinajstić information content (AvgIpc) is 2.84. The van der Waals surface area contributed by atoms with E-state index in [0.717, 1.165) is 29.5 Å². The summed E-state index contributed by atoms with van der Waals surface area (Å²) in [5.74, 6) is 1.12. The number of hydrogen-bond donors (Lipinski definition) is 1. The second-order valence-corrected chi connectivity index (χ2v) is 5.73. The molecule has 0 amide bonds. The van der Waals surface area contributed by atoms with Crippen molar-refractivity contribution in [3.8, 4) is 0 Å². The monoisotopic (exact) mass is 263 g/mol. The van der Waals surface area contributed by atoms with Crippen LogP contribution in [0.25, 0.3) is 0 Å². The number of pyridine rings is 1. The molecule has 0 spiro atoms. The first-order valence-corrected chi connectivity index (χ1v) is 7.57. The first-order valence-electron chi connectivity index (χ1n) is 6.59. The van der Waals surface area contributed by atoms with Gasteiger partial charge in [0.05, 0.1) is 11.7 Å². The highest BCUT2D eigenvalue weighted by Gasteiger charge is 2.33. The van der Waals surface area contributed by atoms with Crippen molar-refractivity contribution >= 4 is 16.9 Å². The Morgan fingerprint density at radius 2 is 2.22 bits per heavy atom. The van der Waals surface area contributed by atoms with Crippen LogP contribution in [0, 0.1) is 0 Å². The molecule has 1 aromatic rings. The number of rotatable bonds is 4. The van der Waals surface area contributed by atoms with Gasteiger partial charge >= 0.3 is 0 Å². The van der Waals surface area contributed by atoms with E-state index in [0.29, 0.717) is 0 Å². The van der Waals surface area contributed by atoms with Gasteiger partial charge in [-0.15, -0.1) is 0 Å². The predicted octanol–water partition coefficient (Wildman–Crippen LogP) is 3.39. The summed E-state index contributed by atoms with van der Waals surface area (Å²) < 4.78 is 0. The van der Waals surface area contributed by atoms with Gasteiger partial charge in [-0.2, -0.15) is 0 Å². The Labute approximate surface area is 113 Å². The van der Waals surface area contributed by atoms with Gasteiger partial charge < -0.3 is 5.32 Å². The lowest BCUT2D eigenvalue weighted by atomic mass is 9.96.